The number of nitrogens with one attached hydrogen (secondary N) is 1. The number of aromatic nitrogens is 1. The van der Waals surface area contributed by atoms with E-state index in [0.29, 0.717) is 11.5 Å². The molecule has 0 aromatic carbocycles. The second-order valence-electron chi connectivity index (χ2n) is 4.29. The summed E-state index contributed by atoms with van der Waals surface area (Å²) in [5, 5.41) is 14.1. The van der Waals surface area contributed by atoms with Gasteiger partial charge in [0.05, 0.1) is 17.1 Å². The van der Waals surface area contributed by atoms with Crippen molar-refractivity contribution in [3.63, 3.8) is 0 Å². The molecule has 0 spiro atoms. The van der Waals surface area contributed by atoms with Gasteiger partial charge in [-0.2, -0.15) is 11.8 Å². The molecular formula is C12H17N3O4S2. The molecule has 9 heteroatoms. The van der Waals surface area contributed by atoms with Crippen molar-refractivity contribution in [1.82, 2.24) is 10.3 Å². The normalized spacial score (nSPS) is 11.9. The molecule has 0 unspecified atom stereocenters. The average molecular weight is 331 g/mol. The number of carboxylic acids is 1. The Hall–Kier alpha value is -1.61. The van der Waals surface area contributed by atoms with Gasteiger partial charge in [-0.3, -0.25) is 9.59 Å². The quantitative estimate of drug-likeness (QED) is 0.567. The Morgan fingerprint density at radius 2 is 2.24 bits per heavy atom. The predicted octanol–water partition coefficient (Wildman–Crippen LogP) is 0.520. The topological polar surface area (TPSA) is 122 Å². The highest BCUT2D eigenvalue weighted by molar-refractivity contribution is 7.98. The number of nitrogens with two attached hydrogens (primary N) is 1. The Morgan fingerprint density at radius 1 is 1.52 bits per heavy atom. The van der Waals surface area contributed by atoms with Crippen molar-refractivity contribution in [2.75, 3.05) is 5.75 Å². The molecule has 0 fully saturated rings. The Labute approximate surface area is 130 Å². The van der Waals surface area contributed by atoms with Crippen molar-refractivity contribution >= 4 is 40.9 Å². The molecule has 0 saturated heterocycles. The highest BCUT2D eigenvalue weighted by Crippen LogP contribution is 2.15. The molecule has 1 rings (SSSR count). The Morgan fingerprint density at radius 3 is 2.76 bits per heavy atom. The third kappa shape index (κ3) is 7.09. The van der Waals surface area contributed by atoms with Crippen LogP contribution >= 0.6 is 23.1 Å². The number of aryl methyl sites for hydroxylation is 1. The van der Waals surface area contributed by atoms with E-state index < -0.39 is 30.2 Å². The number of nitrogens with zero attached hydrogens (tertiary/aromatic N) is 1. The zero-order chi connectivity index (χ0) is 15.8. The van der Waals surface area contributed by atoms with Crippen molar-refractivity contribution in [3.05, 3.63) is 16.1 Å². The molecule has 7 nitrogen and oxygen atoms in total. The number of aliphatic carboxylic acids is 1. The lowest BCUT2D eigenvalue weighted by Gasteiger charge is -2.12. The van der Waals surface area contributed by atoms with Crippen LogP contribution < -0.4 is 11.1 Å². The van der Waals surface area contributed by atoms with E-state index in [4.69, 9.17) is 10.8 Å². The summed E-state index contributed by atoms with van der Waals surface area (Å²) in [6, 6.07) is -1.26. The fourth-order valence-electron chi connectivity index (χ4n) is 1.48. The maximum atomic E-state index is 11.6. The molecule has 0 aliphatic rings. The Kier molecular flexibility index (Phi) is 7.17. The first-order valence-corrected chi connectivity index (χ1v) is 8.21. The van der Waals surface area contributed by atoms with E-state index in [9.17, 15) is 14.4 Å². The highest BCUT2D eigenvalue weighted by Gasteiger charge is 2.21. The standard InChI is InChI=1S/C12H17N3O4S2/c1-7-14-8(6-21-7)5-20-3-2-11(17)15-9(12(18)19)4-10(13)16/h6,9H,2-5H2,1H3,(H2,13,16)(H,15,17)(H,18,19)/t9-/m1/s1. The number of rotatable bonds is 9. The van der Waals surface area contributed by atoms with E-state index >= 15 is 0 Å². The van der Waals surface area contributed by atoms with Gasteiger partial charge in [0.2, 0.25) is 11.8 Å². The average Bonchev–Trinajstić information content (AvgIpc) is 2.79. The van der Waals surface area contributed by atoms with E-state index in [1.165, 1.54) is 0 Å². The van der Waals surface area contributed by atoms with Crippen LogP contribution in [-0.2, 0) is 20.1 Å². The minimum atomic E-state index is -1.27. The van der Waals surface area contributed by atoms with Crippen LogP contribution in [0.25, 0.3) is 0 Å². The lowest BCUT2D eigenvalue weighted by atomic mass is 10.2. The fourth-order valence-corrected chi connectivity index (χ4v) is 3.03. The largest absolute Gasteiger partial charge is 0.480 e. The summed E-state index contributed by atoms with van der Waals surface area (Å²) < 4.78 is 0. The molecule has 21 heavy (non-hydrogen) atoms. The summed E-state index contributed by atoms with van der Waals surface area (Å²) in [6.07, 6.45) is -0.233. The molecule has 1 heterocycles. The van der Waals surface area contributed by atoms with E-state index in [2.05, 4.69) is 10.3 Å². The SMILES string of the molecule is Cc1nc(CSCCC(=O)N[C@H](CC(N)=O)C(=O)O)cs1. The molecule has 116 valence electrons. The summed E-state index contributed by atoms with van der Waals surface area (Å²) in [6.45, 7) is 1.93. The van der Waals surface area contributed by atoms with Crippen molar-refractivity contribution in [3.8, 4) is 0 Å². The van der Waals surface area contributed by atoms with Crippen LogP contribution in [0.15, 0.2) is 5.38 Å². The molecular weight excluding hydrogens is 314 g/mol. The highest BCUT2D eigenvalue weighted by atomic mass is 32.2. The van der Waals surface area contributed by atoms with Gasteiger partial charge in [0, 0.05) is 23.3 Å². The molecule has 1 aromatic rings. The summed E-state index contributed by atoms with van der Waals surface area (Å²) in [7, 11) is 0. The van der Waals surface area contributed by atoms with E-state index in [1.807, 2.05) is 12.3 Å². The first-order valence-electron chi connectivity index (χ1n) is 6.17. The van der Waals surface area contributed by atoms with Gasteiger partial charge in [-0.15, -0.1) is 11.3 Å². The van der Waals surface area contributed by atoms with Gasteiger partial charge in [-0.25, -0.2) is 9.78 Å². The number of primary amides is 1. The number of hydrogen-bond donors (Lipinski definition) is 3. The van der Waals surface area contributed by atoms with Crippen molar-refractivity contribution in [2.45, 2.75) is 31.6 Å². The van der Waals surface area contributed by atoms with Crippen molar-refractivity contribution in [2.24, 2.45) is 5.73 Å². The minimum Gasteiger partial charge on any atom is -0.480 e. The molecule has 0 saturated carbocycles. The van der Waals surface area contributed by atoms with Gasteiger partial charge >= 0.3 is 5.97 Å². The van der Waals surface area contributed by atoms with Crippen LogP contribution in [0.2, 0.25) is 0 Å². The Balaban J connectivity index is 2.26. The first kappa shape index (κ1) is 17.4. The number of amides is 2. The van der Waals surface area contributed by atoms with Crippen molar-refractivity contribution in [1.29, 1.82) is 0 Å². The van der Waals surface area contributed by atoms with Crippen LogP contribution in [0.4, 0.5) is 0 Å². The third-order valence-corrected chi connectivity index (χ3v) is 4.24. The van der Waals surface area contributed by atoms with Gasteiger partial charge in [0.1, 0.15) is 6.04 Å². The molecule has 2 amide bonds. The maximum Gasteiger partial charge on any atom is 0.326 e. The van der Waals surface area contributed by atoms with Crippen LogP contribution in [-0.4, -0.2) is 39.7 Å². The molecule has 0 radical (unpaired) electrons. The second-order valence-corrected chi connectivity index (χ2v) is 6.46. The fraction of sp³-hybridized carbons (Fsp3) is 0.500. The molecule has 0 aliphatic heterocycles. The number of carbonyl (C=O) groups is 3. The Bertz CT molecular complexity index is 518. The van der Waals surface area contributed by atoms with E-state index in [-0.39, 0.29) is 6.42 Å². The van der Waals surface area contributed by atoms with Gasteiger partial charge in [-0.1, -0.05) is 0 Å². The van der Waals surface area contributed by atoms with E-state index in [0.717, 1.165) is 10.7 Å². The summed E-state index contributed by atoms with van der Waals surface area (Å²) in [4.78, 5) is 37.5. The van der Waals surface area contributed by atoms with E-state index in [1.54, 1.807) is 23.1 Å². The van der Waals surface area contributed by atoms with Gasteiger partial charge < -0.3 is 16.2 Å². The molecule has 0 bridgehead atoms. The third-order valence-electron chi connectivity index (χ3n) is 2.43. The number of carboxylic acid groups (broad SMARTS) is 1. The number of carbonyl (C=O) groups excluding carboxylic acids is 2. The first-order chi connectivity index (χ1) is 9.88. The monoisotopic (exact) mass is 331 g/mol. The summed E-state index contributed by atoms with van der Waals surface area (Å²) in [5.74, 6) is -1.19. The molecule has 1 aromatic heterocycles. The van der Waals surface area contributed by atoms with Crippen LogP contribution in [0, 0.1) is 6.92 Å². The summed E-state index contributed by atoms with van der Waals surface area (Å²) >= 11 is 3.11. The number of hydrogen-bond acceptors (Lipinski definition) is 6. The van der Waals surface area contributed by atoms with Gasteiger partial charge in [0.15, 0.2) is 0 Å². The van der Waals surface area contributed by atoms with Gasteiger partial charge in [0.25, 0.3) is 0 Å². The number of thiazole rings is 1. The maximum absolute atomic E-state index is 11.6. The summed E-state index contributed by atoms with van der Waals surface area (Å²) in [5.41, 5.74) is 5.90. The lowest BCUT2D eigenvalue weighted by molar-refractivity contribution is -0.143. The van der Waals surface area contributed by atoms with Crippen LogP contribution in [0.3, 0.4) is 0 Å². The van der Waals surface area contributed by atoms with Crippen molar-refractivity contribution < 1.29 is 19.5 Å². The van der Waals surface area contributed by atoms with Crippen LogP contribution in [0.1, 0.15) is 23.5 Å². The smallest absolute Gasteiger partial charge is 0.326 e. The minimum absolute atomic E-state index is 0.177. The second kappa shape index (κ2) is 8.63. The predicted molar refractivity (Wildman–Crippen MR) is 81.0 cm³/mol. The lowest BCUT2D eigenvalue weighted by Crippen LogP contribution is -2.43. The zero-order valence-corrected chi connectivity index (χ0v) is 13.1. The number of thioether (sulfide) groups is 1. The molecule has 0 aliphatic carbocycles. The zero-order valence-electron chi connectivity index (χ0n) is 11.5. The van der Waals surface area contributed by atoms with Crippen LogP contribution in [0.5, 0.6) is 0 Å². The molecule has 4 N–H and O–H groups in total. The molecule has 1 atom stereocenters. The van der Waals surface area contributed by atoms with Gasteiger partial charge in [-0.05, 0) is 6.92 Å².